The van der Waals surface area contributed by atoms with Gasteiger partial charge < -0.3 is 9.97 Å². The third-order valence-corrected chi connectivity index (χ3v) is 4.87. The fourth-order valence-corrected chi connectivity index (χ4v) is 3.38. The van der Waals surface area contributed by atoms with Crippen LogP contribution in [0.1, 0.15) is 48.0 Å². The van der Waals surface area contributed by atoms with Crippen LogP contribution in [0.15, 0.2) is 65.6 Å². The molecule has 0 radical (unpaired) electrons. The molecule has 2 aromatic carbocycles. The standard InChI is InChI=1S/C24H23N3O/c1-16(2)23-24(28)27-22(14-18-15-25-20-11-7-6-10-19(18)20)21(26-23)13-12-17-8-4-3-5-9-17/h3-13,15-16,25H,14H2,1-2H3,(H,27,28)/b13-12-. The van der Waals surface area contributed by atoms with Gasteiger partial charge in [0.2, 0.25) is 0 Å². The Morgan fingerprint density at radius 3 is 2.54 bits per heavy atom. The van der Waals surface area contributed by atoms with E-state index in [4.69, 9.17) is 4.98 Å². The molecule has 4 heteroatoms. The van der Waals surface area contributed by atoms with E-state index in [1.165, 1.54) is 0 Å². The molecule has 0 aliphatic carbocycles. The summed E-state index contributed by atoms with van der Waals surface area (Å²) in [6.45, 7) is 3.98. The summed E-state index contributed by atoms with van der Waals surface area (Å²) >= 11 is 0. The van der Waals surface area contributed by atoms with Gasteiger partial charge in [-0.1, -0.05) is 68.5 Å². The molecule has 0 saturated carbocycles. The van der Waals surface area contributed by atoms with Gasteiger partial charge in [-0.05, 0) is 23.3 Å². The SMILES string of the molecule is CC(C)c1nc(/C=C\c2ccccc2)c(Cc2c[nH]c3ccccc23)[nH]c1=O. The number of fused-ring (bicyclic) bond motifs is 1. The van der Waals surface area contributed by atoms with Crippen molar-refractivity contribution in [3.8, 4) is 0 Å². The molecule has 2 heterocycles. The predicted molar refractivity (Wildman–Crippen MR) is 115 cm³/mol. The molecule has 28 heavy (non-hydrogen) atoms. The van der Waals surface area contributed by atoms with Crippen molar-refractivity contribution >= 4 is 23.1 Å². The minimum atomic E-state index is -0.110. The Morgan fingerprint density at radius 1 is 1.00 bits per heavy atom. The Hall–Kier alpha value is -3.40. The average Bonchev–Trinajstić information content (AvgIpc) is 3.11. The highest BCUT2D eigenvalue weighted by molar-refractivity contribution is 5.83. The normalized spacial score (nSPS) is 11.7. The fraction of sp³-hybridized carbons (Fsp3) is 0.167. The Morgan fingerprint density at radius 2 is 1.75 bits per heavy atom. The first-order valence-corrected chi connectivity index (χ1v) is 9.53. The molecule has 0 bridgehead atoms. The van der Waals surface area contributed by atoms with E-state index >= 15 is 0 Å². The number of para-hydroxylation sites is 1. The maximum Gasteiger partial charge on any atom is 0.270 e. The fourth-order valence-electron chi connectivity index (χ4n) is 3.38. The lowest BCUT2D eigenvalue weighted by Gasteiger charge is -2.10. The van der Waals surface area contributed by atoms with E-state index in [1.807, 2.05) is 74.7 Å². The molecule has 4 aromatic rings. The van der Waals surface area contributed by atoms with Gasteiger partial charge in [0.15, 0.2) is 0 Å². The van der Waals surface area contributed by atoms with Crippen LogP contribution in [0.5, 0.6) is 0 Å². The Kier molecular flexibility index (Phi) is 4.94. The molecule has 2 N–H and O–H groups in total. The van der Waals surface area contributed by atoms with Crippen molar-refractivity contribution in [3.63, 3.8) is 0 Å². The zero-order valence-electron chi connectivity index (χ0n) is 16.1. The summed E-state index contributed by atoms with van der Waals surface area (Å²) in [5.41, 5.74) is 5.41. The highest BCUT2D eigenvalue weighted by Gasteiger charge is 2.14. The van der Waals surface area contributed by atoms with Crippen LogP contribution in [-0.2, 0) is 6.42 Å². The monoisotopic (exact) mass is 369 g/mol. The largest absolute Gasteiger partial charge is 0.361 e. The summed E-state index contributed by atoms with van der Waals surface area (Å²) in [6.07, 6.45) is 6.63. The number of benzene rings is 2. The van der Waals surface area contributed by atoms with Crippen LogP contribution in [0.3, 0.4) is 0 Å². The first-order valence-electron chi connectivity index (χ1n) is 9.53. The van der Waals surface area contributed by atoms with Crippen LogP contribution in [0.4, 0.5) is 0 Å². The smallest absolute Gasteiger partial charge is 0.270 e. The van der Waals surface area contributed by atoms with E-state index in [-0.39, 0.29) is 11.5 Å². The van der Waals surface area contributed by atoms with E-state index in [0.29, 0.717) is 12.1 Å². The van der Waals surface area contributed by atoms with Crippen LogP contribution < -0.4 is 5.56 Å². The van der Waals surface area contributed by atoms with Crippen LogP contribution in [0.2, 0.25) is 0 Å². The van der Waals surface area contributed by atoms with E-state index < -0.39 is 0 Å². The van der Waals surface area contributed by atoms with Gasteiger partial charge >= 0.3 is 0 Å². The molecular formula is C24H23N3O. The van der Waals surface area contributed by atoms with E-state index in [1.54, 1.807) is 0 Å². The number of hydrogen-bond donors (Lipinski definition) is 2. The molecule has 0 amide bonds. The summed E-state index contributed by atoms with van der Waals surface area (Å²) < 4.78 is 0. The van der Waals surface area contributed by atoms with Crippen LogP contribution in [0.25, 0.3) is 23.1 Å². The lowest BCUT2D eigenvalue weighted by molar-refractivity contribution is 0.783. The van der Waals surface area contributed by atoms with Gasteiger partial charge in [-0.25, -0.2) is 4.98 Å². The number of nitrogens with one attached hydrogen (secondary N) is 2. The van der Waals surface area contributed by atoms with Crippen molar-refractivity contribution in [2.45, 2.75) is 26.2 Å². The molecule has 0 aliphatic rings. The van der Waals surface area contributed by atoms with E-state index in [2.05, 4.69) is 22.1 Å². The Labute approximate surface area is 164 Å². The van der Waals surface area contributed by atoms with Crippen LogP contribution in [0, 0.1) is 0 Å². The summed E-state index contributed by atoms with van der Waals surface area (Å²) in [7, 11) is 0. The molecular weight excluding hydrogens is 346 g/mol. The van der Waals surface area contributed by atoms with Gasteiger partial charge in [0.1, 0.15) is 5.69 Å². The summed E-state index contributed by atoms with van der Waals surface area (Å²) in [4.78, 5) is 23.6. The zero-order valence-corrected chi connectivity index (χ0v) is 16.1. The third kappa shape index (κ3) is 3.67. The lowest BCUT2D eigenvalue weighted by atomic mass is 10.0. The molecule has 0 fully saturated rings. The lowest BCUT2D eigenvalue weighted by Crippen LogP contribution is -2.20. The Bertz CT molecular complexity index is 1180. The number of nitrogens with zero attached hydrogens (tertiary/aromatic N) is 1. The molecule has 2 aromatic heterocycles. The quantitative estimate of drug-likeness (QED) is 0.512. The van der Waals surface area contributed by atoms with Crippen molar-refractivity contribution in [2.75, 3.05) is 0 Å². The molecule has 0 unspecified atom stereocenters. The van der Waals surface area contributed by atoms with Gasteiger partial charge in [-0.3, -0.25) is 4.79 Å². The molecule has 140 valence electrons. The second-order valence-electron chi connectivity index (χ2n) is 7.25. The average molecular weight is 369 g/mol. The zero-order chi connectivity index (χ0) is 19.5. The third-order valence-electron chi connectivity index (χ3n) is 4.87. The maximum atomic E-state index is 12.6. The molecule has 0 atom stereocenters. The second kappa shape index (κ2) is 7.69. The first-order chi connectivity index (χ1) is 13.6. The number of aromatic nitrogens is 3. The van der Waals surface area contributed by atoms with Crippen molar-refractivity contribution < 1.29 is 0 Å². The van der Waals surface area contributed by atoms with Crippen LogP contribution >= 0.6 is 0 Å². The predicted octanol–water partition coefficient (Wildman–Crippen LogP) is 5.14. The van der Waals surface area contributed by atoms with Crippen molar-refractivity contribution in [3.05, 3.63) is 99.4 Å². The minimum absolute atomic E-state index is 0.0646. The van der Waals surface area contributed by atoms with E-state index in [0.717, 1.165) is 33.4 Å². The summed E-state index contributed by atoms with van der Waals surface area (Å²) in [5, 5.41) is 1.16. The van der Waals surface area contributed by atoms with Crippen molar-refractivity contribution in [2.24, 2.45) is 0 Å². The molecule has 0 spiro atoms. The van der Waals surface area contributed by atoms with Gasteiger partial charge in [-0.2, -0.15) is 0 Å². The summed E-state index contributed by atoms with van der Waals surface area (Å²) in [6, 6.07) is 18.3. The Balaban J connectivity index is 1.77. The van der Waals surface area contributed by atoms with Gasteiger partial charge in [-0.15, -0.1) is 0 Å². The molecule has 4 nitrogen and oxygen atoms in total. The number of aromatic amines is 2. The van der Waals surface area contributed by atoms with Gasteiger partial charge in [0.25, 0.3) is 5.56 Å². The van der Waals surface area contributed by atoms with Crippen molar-refractivity contribution in [1.29, 1.82) is 0 Å². The number of rotatable bonds is 5. The molecule has 0 saturated heterocycles. The second-order valence-corrected chi connectivity index (χ2v) is 7.25. The van der Waals surface area contributed by atoms with Gasteiger partial charge in [0.05, 0.1) is 5.69 Å². The van der Waals surface area contributed by atoms with Crippen molar-refractivity contribution in [1.82, 2.24) is 15.0 Å². The van der Waals surface area contributed by atoms with E-state index in [9.17, 15) is 4.79 Å². The highest BCUT2D eigenvalue weighted by atomic mass is 16.1. The first kappa shape index (κ1) is 18.0. The number of hydrogen-bond acceptors (Lipinski definition) is 2. The van der Waals surface area contributed by atoms with Gasteiger partial charge in [0, 0.05) is 35.1 Å². The molecule has 4 rings (SSSR count). The minimum Gasteiger partial charge on any atom is -0.361 e. The maximum absolute atomic E-state index is 12.6. The summed E-state index contributed by atoms with van der Waals surface area (Å²) in [5.74, 6) is 0.0646. The number of H-pyrrole nitrogens is 2. The highest BCUT2D eigenvalue weighted by Crippen LogP contribution is 2.22. The topological polar surface area (TPSA) is 61.5 Å². The molecule has 0 aliphatic heterocycles. The van der Waals surface area contributed by atoms with Crippen LogP contribution in [-0.4, -0.2) is 15.0 Å².